The summed E-state index contributed by atoms with van der Waals surface area (Å²) >= 11 is 2.04. The van der Waals surface area contributed by atoms with Gasteiger partial charge < -0.3 is 4.74 Å². The molecule has 3 atom stereocenters. The highest BCUT2D eigenvalue weighted by atomic mass is 32.2. The van der Waals surface area contributed by atoms with Crippen LogP contribution in [-0.2, 0) is 9.53 Å². The number of allylic oxidation sites excluding steroid dienone is 1. The van der Waals surface area contributed by atoms with Gasteiger partial charge in [0.1, 0.15) is 0 Å². The molecule has 0 N–H and O–H groups in total. The first-order chi connectivity index (χ1) is 9.69. The molecule has 0 saturated carbocycles. The number of ether oxygens (including phenoxy) is 1. The summed E-state index contributed by atoms with van der Waals surface area (Å²) in [6.07, 6.45) is 9.68. The van der Waals surface area contributed by atoms with E-state index in [1.807, 2.05) is 11.8 Å². The van der Waals surface area contributed by atoms with Gasteiger partial charge in [0.2, 0.25) is 0 Å². The second kappa shape index (κ2) is 7.02. The van der Waals surface area contributed by atoms with Crippen LogP contribution in [0.4, 0.5) is 0 Å². The minimum Gasteiger partial charge on any atom is -0.469 e. The maximum absolute atomic E-state index is 12.1. The number of rotatable bonds is 7. The third kappa shape index (κ3) is 2.79. The number of esters is 1. The van der Waals surface area contributed by atoms with Gasteiger partial charge in [-0.15, -0.1) is 0 Å². The van der Waals surface area contributed by atoms with Gasteiger partial charge in [0.05, 0.1) is 13.0 Å². The summed E-state index contributed by atoms with van der Waals surface area (Å²) < 4.78 is 5.05. The van der Waals surface area contributed by atoms with Crippen molar-refractivity contribution in [1.29, 1.82) is 0 Å². The number of hydrogen-bond donors (Lipinski definition) is 0. The first-order valence-electron chi connectivity index (χ1n) is 8.06. The highest BCUT2D eigenvalue weighted by Crippen LogP contribution is 2.58. The number of hydrogen-bond acceptors (Lipinski definition) is 3. The largest absolute Gasteiger partial charge is 0.469 e. The van der Waals surface area contributed by atoms with Crippen molar-refractivity contribution in [2.45, 2.75) is 52.4 Å². The number of thioether (sulfide) groups is 1. The Labute approximate surface area is 127 Å². The molecule has 2 aliphatic rings. The number of fused-ring (bicyclic) bond motifs is 1. The van der Waals surface area contributed by atoms with Crippen molar-refractivity contribution in [1.82, 2.24) is 0 Å². The van der Waals surface area contributed by atoms with Gasteiger partial charge in [-0.1, -0.05) is 44.8 Å². The summed E-state index contributed by atoms with van der Waals surface area (Å²) in [7, 11) is 1.52. The van der Waals surface area contributed by atoms with Crippen molar-refractivity contribution in [3.8, 4) is 0 Å². The van der Waals surface area contributed by atoms with E-state index in [-0.39, 0.29) is 11.9 Å². The van der Waals surface area contributed by atoms with E-state index in [0.29, 0.717) is 11.3 Å². The fourth-order valence-electron chi connectivity index (χ4n) is 3.89. The normalized spacial score (nSPS) is 32.0. The second-order valence-electron chi connectivity index (χ2n) is 6.23. The van der Waals surface area contributed by atoms with Crippen molar-refractivity contribution < 1.29 is 9.53 Å². The lowest BCUT2D eigenvalue weighted by molar-refractivity contribution is -0.145. The predicted octanol–water partition coefficient (Wildman–Crippen LogP) is 4.45. The monoisotopic (exact) mass is 296 g/mol. The lowest BCUT2D eigenvalue weighted by Crippen LogP contribution is -2.33. The maximum Gasteiger partial charge on any atom is 0.312 e. The zero-order chi connectivity index (χ0) is 14.6. The van der Waals surface area contributed by atoms with E-state index in [4.69, 9.17) is 4.74 Å². The van der Waals surface area contributed by atoms with Crippen LogP contribution in [0.2, 0.25) is 0 Å². The molecule has 0 aromatic rings. The molecular weight excluding hydrogens is 268 g/mol. The van der Waals surface area contributed by atoms with Crippen LogP contribution in [-0.4, -0.2) is 24.6 Å². The predicted molar refractivity (Wildman–Crippen MR) is 85.9 cm³/mol. The maximum atomic E-state index is 12.1. The Morgan fingerprint density at radius 1 is 1.40 bits per heavy atom. The van der Waals surface area contributed by atoms with Crippen LogP contribution in [0.25, 0.3) is 0 Å². The van der Waals surface area contributed by atoms with E-state index in [0.717, 1.165) is 5.75 Å². The Balaban J connectivity index is 2.24. The molecule has 0 bridgehead atoms. The molecule has 1 saturated heterocycles. The zero-order valence-corrected chi connectivity index (χ0v) is 13.9. The van der Waals surface area contributed by atoms with Crippen molar-refractivity contribution >= 4 is 17.7 Å². The Hall–Kier alpha value is -0.440. The molecule has 0 radical (unpaired) electrons. The number of unbranched alkanes of at least 4 members (excludes halogenated alkanes) is 2. The molecule has 3 unspecified atom stereocenters. The summed E-state index contributed by atoms with van der Waals surface area (Å²) in [5.41, 5.74) is 1.87. The van der Waals surface area contributed by atoms with E-state index >= 15 is 0 Å². The summed E-state index contributed by atoms with van der Waals surface area (Å²) in [4.78, 5) is 12.1. The van der Waals surface area contributed by atoms with Crippen LogP contribution in [0.15, 0.2) is 11.6 Å². The summed E-state index contributed by atoms with van der Waals surface area (Å²) in [6.45, 7) is 4.50. The Morgan fingerprint density at radius 2 is 2.15 bits per heavy atom. The van der Waals surface area contributed by atoms with Gasteiger partial charge in [0.15, 0.2) is 0 Å². The van der Waals surface area contributed by atoms with Crippen molar-refractivity contribution in [3.63, 3.8) is 0 Å². The lowest BCUT2D eigenvalue weighted by atomic mass is 9.69. The molecule has 0 aromatic heterocycles. The van der Waals surface area contributed by atoms with Crippen molar-refractivity contribution in [3.05, 3.63) is 11.6 Å². The molecule has 1 aliphatic carbocycles. The average molecular weight is 296 g/mol. The molecule has 1 heterocycles. The topological polar surface area (TPSA) is 26.3 Å². The summed E-state index contributed by atoms with van der Waals surface area (Å²) in [6, 6.07) is 0. The molecule has 1 aliphatic heterocycles. The van der Waals surface area contributed by atoms with Gasteiger partial charge in [-0.2, -0.15) is 11.8 Å². The molecule has 0 amide bonds. The van der Waals surface area contributed by atoms with Gasteiger partial charge >= 0.3 is 5.97 Å². The first-order valence-corrected chi connectivity index (χ1v) is 9.21. The quantitative estimate of drug-likeness (QED) is 0.513. The fourth-order valence-corrected chi connectivity index (χ4v) is 5.70. The number of methoxy groups -OCH3 is 1. The molecule has 2 rings (SSSR count). The Kier molecular flexibility index (Phi) is 5.59. The average Bonchev–Trinajstić information content (AvgIpc) is 3.00. The number of carbonyl (C=O) groups is 1. The van der Waals surface area contributed by atoms with E-state index in [2.05, 4.69) is 19.9 Å². The number of carbonyl (C=O) groups excluding carboxylic acids is 1. The van der Waals surface area contributed by atoms with Gasteiger partial charge in [-0.25, -0.2) is 0 Å². The molecule has 114 valence electrons. The second-order valence-corrected chi connectivity index (χ2v) is 7.26. The highest BCUT2D eigenvalue weighted by Gasteiger charge is 2.54. The van der Waals surface area contributed by atoms with E-state index < -0.39 is 0 Å². The molecule has 0 spiro atoms. The fraction of sp³-hybridized carbons (Fsp3) is 0.824. The van der Waals surface area contributed by atoms with E-state index in [1.165, 1.54) is 51.4 Å². The van der Waals surface area contributed by atoms with Crippen LogP contribution in [0.5, 0.6) is 0 Å². The first kappa shape index (κ1) is 15.9. The third-order valence-corrected chi connectivity index (χ3v) is 6.38. The van der Waals surface area contributed by atoms with Gasteiger partial charge in [0.25, 0.3) is 0 Å². The zero-order valence-electron chi connectivity index (χ0n) is 13.1. The van der Waals surface area contributed by atoms with Crippen LogP contribution in [0.3, 0.4) is 0 Å². The lowest BCUT2D eigenvalue weighted by Gasteiger charge is -2.34. The highest BCUT2D eigenvalue weighted by molar-refractivity contribution is 7.99. The van der Waals surface area contributed by atoms with Crippen LogP contribution in [0.1, 0.15) is 52.4 Å². The standard InChI is InChI=1S/C17H28O2S/c1-4-6-8-13-10-14(16(18)19-3)15-11-20-12-17(13,15)9-7-5-2/h10,14-15H,4-9,11-12H2,1-3H3. The molecule has 0 aromatic carbocycles. The van der Waals surface area contributed by atoms with Crippen LogP contribution >= 0.6 is 11.8 Å². The van der Waals surface area contributed by atoms with Crippen molar-refractivity contribution in [2.24, 2.45) is 17.3 Å². The molecule has 1 fully saturated rings. The summed E-state index contributed by atoms with van der Waals surface area (Å²) in [5.74, 6) is 2.80. The van der Waals surface area contributed by atoms with Crippen LogP contribution in [0, 0.1) is 17.3 Å². The van der Waals surface area contributed by atoms with E-state index in [9.17, 15) is 4.79 Å². The smallest absolute Gasteiger partial charge is 0.312 e. The van der Waals surface area contributed by atoms with Gasteiger partial charge in [-0.3, -0.25) is 4.79 Å². The van der Waals surface area contributed by atoms with Gasteiger partial charge in [0, 0.05) is 11.2 Å². The SMILES string of the molecule is CCCCC1=CC(C(=O)OC)C2CSCC12CCCC. The molecular formula is C17H28O2S. The molecule has 20 heavy (non-hydrogen) atoms. The molecule has 2 nitrogen and oxygen atoms in total. The Morgan fingerprint density at radius 3 is 2.80 bits per heavy atom. The summed E-state index contributed by atoms with van der Waals surface area (Å²) in [5, 5.41) is 0. The Bertz CT molecular complexity index is 377. The molecule has 3 heteroatoms. The minimum absolute atomic E-state index is 0.0127. The van der Waals surface area contributed by atoms with Crippen molar-refractivity contribution in [2.75, 3.05) is 18.6 Å². The van der Waals surface area contributed by atoms with Gasteiger partial charge in [-0.05, 0) is 30.9 Å². The van der Waals surface area contributed by atoms with E-state index in [1.54, 1.807) is 5.57 Å². The third-order valence-electron chi connectivity index (χ3n) is 5.07. The van der Waals surface area contributed by atoms with Crippen LogP contribution < -0.4 is 0 Å². The minimum atomic E-state index is -0.0233.